The first-order chi connectivity index (χ1) is 29.0. The number of aliphatic hydroxyl groups excluding tert-OH is 4. The average Bonchev–Trinajstić information content (AvgIpc) is 3.24. The second-order valence-electron chi connectivity index (χ2n) is 18.9. The SMILES string of the molecule is CCCCCCCCCCCCCCCCCCCCCCCCCCCCCC(O)C(=O)NC(CO)C(O)C(O)CCCCCCCCCCCCCCCCCC. The van der Waals surface area contributed by atoms with Gasteiger partial charge in [-0.15, -0.1) is 0 Å². The van der Waals surface area contributed by atoms with Gasteiger partial charge in [-0.2, -0.15) is 0 Å². The van der Waals surface area contributed by atoms with E-state index in [4.69, 9.17) is 0 Å². The summed E-state index contributed by atoms with van der Waals surface area (Å²) in [7, 11) is 0. The van der Waals surface area contributed by atoms with Crippen molar-refractivity contribution >= 4 is 5.91 Å². The van der Waals surface area contributed by atoms with Crippen molar-refractivity contribution in [3.8, 4) is 0 Å². The summed E-state index contributed by atoms with van der Waals surface area (Å²) in [5.74, 6) is -0.576. The first-order valence-corrected chi connectivity index (χ1v) is 26.9. The Bertz CT molecular complexity index is 811. The highest BCUT2D eigenvalue weighted by Gasteiger charge is 2.28. The molecule has 354 valence electrons. The van der Waals surface area contributed by atoms with Gasteiger partial charge in [0.05, 0.1) is 18.8 Å². The molecule has 0 aromatic heterocycles. The molecule has 0 aliphatic carbocycles. The highest BCUT2D eigenvalue weighted by Crippen LogP contribution is 2.18. The Morgan fingerprint density at radius 3 is 0.814 bits per heavy atom. The van der Waals surface area contributed by atoms with Gasteiger partial charge in [0.1, 0.15) is 12.2 Å². The zero-order chi connectivity index (χ0) is 43.1. The number of unbranched alkanes of at least 4 members (excludes halogenated alkanes) is 41. The Hall–Kier alpha value is -0.690. The van der Waals surface area contributed by atoms with Crippen molar-refractivity contribution in [2.75, 3.05) is 6.61 Å². The van der Waals surface area contributed by atoms with Crippen LogP contribution in [0.25, 0.3) is 0 Å². The Kier molecular flexibility index (Phi) is 47.8. The molecule has 0 aromatic carbocycles. The first kappa shape index (κ1) is 58.3. The summed E-state index contributed by atoms with van der Waals surface area (Å²) in [6, 6.07) is -0.980. The van der Waals surface area contributed by atoms with Crippen molar-refractivity contribution in [1.29, 1.82) is 0 Å². The van der Waals surface area contributed by atoms with Gasteiger partial charge < -0.3 is 25.7 Å². The summed E-state index contributed by atoms with van der Waals surface area (Å²) in [6.45, 7) is 4.09. The van der Waals surface area contributed by atoms with Crippen LogP contribution in [-0.4, -0.2) is 57.3 Å². The van der Waals surface area contributed by atoms with Crippen LogP contribution < -0.4 is 5.32 Å². The van der Waals surface area contributed by atoms with Crippen LogP contribution in [0.4, 0.5) is 0 Å². The van der Waals surface area contributed by atoms with Gasteiger partial charge in [0.25, 0.3) is 0 Å². The zero-order valence-corrected chi connectivity index (χ0v) is 40.0. The lowest BCUT2D eigenvalue weighted by molar-refractivity contribution is -0.132. The number of amides is 1. The quantitative estimate of drug-likeness (QED) is 0.0392. The van der Waals surface area contributed by atoms with E-state index in [2.05, 4.69) is 19.2 Å². The first-order valence-electron chi connectivity index (χ1n) is 26.9. The molecule has 0 aliphatic heterocycles. The van der Waals surface area contributed by atoms with Gasteiger partial charge >= 0.3 is 0 Å². The van der Waals surface area contributed by atoms with Crippen molar-refractivity contribution in [1.82, 2.24) is 5.32 Å². The molecule has 0 rings (SSSR count). The highest BCUT2D eigenvalue weighted by molar-refractivity contribution is 5.80. The van der Waals surface area contributed by atoms with Crippen LogP contribution in [0.2, 0.25) is 0 Å². The molecule has 0 aromatic rings. The third-order valence-corrected chi connectivity index (χ3v) is 13.1. The van der Waals surface area contributed by atoms with E-state index in [0.717, 1.165) is 38.5 Å². The molecule has 0 saturated heterocycles. The van der Waals surface area contributed by atoms with Crippen LogP contribution in [-0.2, 0) is 4.79 Å². The Balaban J connectivity index is 3.57. The number of hydrogen-bond acceptors (Lipinski definition) is 5. The number of aliphatic hydroxyl groups is 4. The molecule has 0 spiro atoms. The van der Waals surface area contributed by atoms with Gasteiger partial charge in [0.15, 0.2) is 0 Å². The maximum atomic E-state index is 12.6. The Morgan fingerprint density at radius 2 is 0.576 bits per heavy atom. The molecule has 0 radical (unpaired) electrons. The Morgan fingerprint density at radius 1 is 0.356 bits per heavy atom. The summed E-state index contributed by atoms with van der Waals surface area (Å²) in [6.07, 6.45) is 54.5. The summed E-state index contributed by atoms with van der Waals surface area (Å²) in [5.41, 5.74) is 0. The lowest BCUT2D eigenvalue weighted by Gasteiger charge is -2.27. The monoisotopic (exact) mass is 838 g/mol. The van der Waals surface area contributed by atoms with Gasteiger partial charge in [-0.25, -0.2) is 0 Å². The van der Waals surface area contributed by atoms with Gasteiger partial charge in [0.2, 0.25) is 5.91 Å². The van der Waals surface area contributed by atoms with E-state index in [1.165, 1.54) is 238 Å². The van der Waals surface area contributed by atoms with Crippen molar-refractivity contribution < 1.29 is 25.2 Å². The van der Waals surface area contributed by atoms with Crippen molar-refractivity contribution in [2.45, 2.75) is 327 Å². The van der Waals surface area contributed by atoms with E-state index < -0.39 is 36.9 Å². The normalized spacial score (nSPS) is 13.8. The summed E-state index contributed by atoms with van der Waals surface area (Å²) in [4.78, 5) is 12.6. The molecule has 1 amide bonds. The number of hydrogen-bond donors (Lipinski definition) is 5. The fraction of sp³-hybridized carbons (Fsp3) is 0.981. The molecular weight excluding hydrogens is 731 g/mol. The number of nitrogens with one attached hydrogen (secondary N) is 1. The fourth-order valence-corrected chi connectivity index (χ4v) is 8.82. The largest absolute Gasteiger partial charge is 0.394 e. The van der Waals surface area contributed by atoms with E-state index >= 15 is 0 Å². The van der Waals surface area contributed by atoms with Crippen LogP contribution in [0.1, 0.15) is 303 Å². The van der Waals surface area contributed by atoms with Crippen LogP contribution in [0, 0.1) is 0 Å². The second kappa shape index (κ2) is 48.3. The number of rotatable bonds is 50. The van der Waals surface area contributed by atoms with E-state index in [-0.39, 0.29) is 0 Å². The van der Waals surface area contributed by atoms with E-state index in [1.54, 1.807) is 0 Å². The lowest BCUT2D eigenvalue weighted by Crippen LogP contribution is -2.53. The second-order valence-corrected chi connectivity index (χ2v) is 18.9. The predicted octanol–water partition coefficient (Wildman–Crippen LogP) is 15.1. The molecule has 4 atom stereocenters. The van der Waals surface area contributed by atoms with Crippen LogP contribution in [0.5, 0.6) is 0 Å². The summed E-state index contributed by atoms with van der Waals surface area (Å²) < 4.78 is 0. The predicted molar refractivity (Wildman–Crippen MR) is 256 cm³/mol. The van der Waals surface area contributed by atoms with Crippen LogP contribution in [0.15, 0.2) is 0 Å². The zero-order valence-electron chi connectivity index (χ0n) is 40.0. The van der Waals surface area contributed by atoms with Gasteiger partial charge in [-0.3, -0.25) is 4.79 Å². The molecule has 0 saturated carbocycles. The molecule has 0 bridgehead atoms. The highest BCUT2D eigenvalue weighted by atomic mass is 16.3. The van der Waals surface area contributed by atoms with Crippen LogP contribution in [0.3, 0.4) is 0 Å². The molecule has 0 fully saturated rings. The summed E-state index contributed by atoms with van der Waals surface area (Å²) >= 11 is 0. The van der Waals surface area contributed by atoms with E-state index in [0.29, 0.717) is 12.8 Å². The molecule has 0 aliphatic rings. The average molecular weight is 838 g/mol. The Labute approximate surface area is 369 Å². The van der Waals surface area contributed by atoms with Gasteiger partial charge in [0, 0.05) is 0 Å². The van der Waals surface area contributed by atoms with E-state index in [1.807, 2.05) is 0 Å². The maximum Gasteiger partial charge on any atom is 0.249 e. The molecular formula is C53H107NO5. The molecule has 6 nitrogen and oxygen atoms in total. The van der Waals surface area contributed by atoms with E-state index in [9.17, 15) is 25.2 Å². The fourth-order valence-electron chi connectivity index (χ4n) is 8.82. The molecule has 6 heteroatoms. The number of carbonyl (C=O) groups excluding carboxylic acids is 1. The third-order valence-electron chi connectivity index (χ3n) is 13.1. The summed E-state index contributed by atoms with van der Waals surface area (Å²) in [5, 5.41) is 43.9. The molecule has 59 heavy (non-hydrogen) atoms. The standard InChI is InChI=1S/C53H107NO5/c1-3-5-7-9-11-13-15-17-19-21-22-23-24-25-26-27-28-29-30-31-33-35-37-39-41-43-45-47-51(57)53(59)54-49(48-55)52(58)50(56)46-44-42-40-38-36-34-32-20-18-16-14-12-10-8-6-4-2/h49-52,55-58H,3-48H2,1-2H3,(H,54,59). The third kappa shape index (κ3) is 42.4. The van der Waals surface area contributed by atoms with Crippen molar-refractivity contribution in [2.24, 2.45) is 0 Å². The van der Waals surface area contributed by atoms with Gasteiger partial charge in [-0.1, -0.05) is 290 Å². The van der Waals surface area contributed by atoms with Crippen molar-refractivity contribution in [3.63, 3.8) is 0 Å². The minimum Gasteiger partial charge on any atom is -0.394 e. The smallest absolute Gasteiger partial charge is 0.249 e. The van der Waals surface area contributed by atoms with Crippen molar-refractivity contribution in [3.05, 3.63) is 0 Å². The minimum absolute atomic E-state index is 0.376. The molecule has 4 unspecified atom stereocenters. The topological polar surface area (TPSA) is 110 Å². The molecule has 0 heterocycles. The number of carbonyl (C=O) groups is 1. The van der Waals surface area contributed by atoms with Crippen LogP contribution >= 0.6 is 0 Å². The lowest BCUT2D eigenvalue weighted by atomic mass is 9.99. The van der Waals surface area contributed by atoms with Gasteiger partial charge in [-0.05, 0) is 12.8 Å². The maximum absolute atomic E-state index is 12.6. The minimum atomic E-state index is -1.25. The molecule has 5 N–H and O–H groups in total.